The van der Waals surface area contributed by atoms with Gasteiger partial charge in [0.05, 0.1) is 18.2 Å². The second kappa shape index (κ2) is 7.66. The van der Waals surface area contributed by atoms with Crippen molar-refractivity contribution in [2.24, 2.45) is 16.3 Å². The summed E-state index contributed by atoms with van der Waals surface area (Å²) in [7, 11) is 0. The van der Waals surface area contributed by atoms with Gasteiger partial charge in [0.25, 0.3) is 0 Å². The highest BCUT2D eigenvalue weighted by molar-refractivity contribution is 14.0. The Bertz CT molecular complexity index is 399. The Morgan fingerprint density at radius 1 is 1.41 bits per heavy atom. The van der Waals surface area contributed by atoms with Gasteiger partial charge in [-0.05, 0) is 26.7 Å². The van der Waals surface area contributed by atoms with Crippen LogP contribution in [0.25, 0.3) is 0 Å². The van der Waals surface area contributed by atoms with E-state index in [-0.39, 0.29) is 29.4 Å². The molecule has 2 fully saturated rings. The standard InChI is InChI=1S/C16H31N3O2.HI/c1-6-16(5,20)10-18-14(17-7-2)19-12-11-8-9-21-13(11)15(12,3)4;/h11-13,20H,6-10H2,1-5H3,(H2,17,18,19);1H. The van der Waals surface area contributed by atoms with Gasteiger partial charge in [0, 0.05) is 30.5 Å². The number of nitrogens with zero attached hydrogens (tertiary/aromatic N) is 1. The number of aliphatic imine (C=N–C) groups is 1. The fourth-order valence-corrected chi connectivity index (χ4v) is 3.45. The normalized spacial score (nSPS) is 32.3. The Morgan fingerprint density at radius 2 is 2.09 bits per heavy atom. The van der Waals surface area contributed by atoms with Crippen LogP contribution in [0.2, 0.25) is 0 Å². The molecule has 2 rings (SSSR count). The Balaban J connectivity index is 0.00000242. The van der Waals surface area contributed by atoms with Crippen molar-refractivity contribution in [3.8, 4) is 0 Å². The molecule has 0 aromatic rings. The lowest BCUT2D eigenvalue weighted by atomic mass is 9.57. The predicted molar refractivity (Wildman–Crippen MR) is 101 cm³/mol. The van der Waals surface area contributed by atoms with Crippen molar-refractivity contribution in [2.75, 3.05) is 19.7 Å². The van der Waals surface area contributed by atoms with Crippen LogP contribution in [-0.4, -0.2) is 48.5 Å². The number of aliphatic hydroxyl groups is 1. The molecular formula is C16H32IN3O2. The van der Waals surface area contributed by atoms with E-state index in [4.69, 9.17) is 4.74 Å². The van der Waals surface area contributed by atoms with Gasteiger partial charge in [0.1, 0.15) is 0 Å². The maximum Gasteiger partial charge on any atom is 0.191 e. The summed E-state index contributed by atoms with van der Waals surface area (Å²) < 4.78 is 5.83. The molecule has 1 saturated carbocycles. The van der Waals surface area contributed by atoms with Crippen LogP contribution in [0.1, 0.15) is 47.5 Å². The third-order valence-corrected chi connectivity index (χ3v) is 5.08. The number of fused-ring (bicyclic) bond motifs is 1. The molecule has 1 aliphatic carbocycles. The van der Waals surface area contributed by atoms with E-state index < -0.39 is 5.60 Å². The first-order valence-electron chi connectivity index (χ1n) is 8.20. The summed E-state index contributed by atoms with van der Waals surface area (Å²) in [4.78, 5) is 4.56. The van der Waals surface area contributed by atoms with Crippen molar-refractivity contribution in [3.63, 3.8) is 0 Å². The van der Waals surface area contributed by atoms with Crippen molar-refractivity contribution in [1.82, 2.24) is 10.6 Å². The Morgan fingerprint density at radius 3 is 2.68 bits per heavy atom. The van der Waals surface area contributed by atoms with E-state index in [0.717, 1.165) is 25.5 Å². The van der Waals surface area contributed by atoms with E-state index in [2.05, 4.69) is 36.4 Å². The second-order valence-corrected chi connectivity index (χ2v) is 7.23. The average molecular weight is 425 g/mol. The SMILES string of the molecule is CCNC(=NCC(C)(O)CC)NC1C2CCOC2C1(C)C.I. The van der Waals surface area contributed by atoms with E-state index in [9.17, 15) is 5.11 Å². The number of ether oxygens (including phenoxy) is 1. The van der Waals surface area contributed by atoms with Crippen LogP contribution in [-0.2, 0) is 4.74 Å². The van der Waals surface area contributed by atoms with Crippen molar-refractivity contribution >= 4 is 29.9 Å². The van der Waals surface area contributed by atoms with Crippen molar-refractivity contribution in [3.05, 3.63) is 0 Å². The average Bonchev–Trinajstić information content (AvgIpc) is 2.88. The largest absolute Gasteiger partial charge is 0.388 e. The van der Waals surface area contributed by atoms with Gasteiger partial charge < -0.3 is 20.5 Å². The van der Waals surface area contributed by atoms with Crippen LogP contribution in [0.4, 0.5) is 0 Å². The van der Waals surface area contributed by atoms with Gasteiger partial charge in [-0.15, -0.1) is 24.0 Å². The molecule has 3 N–H and O–H groups in total. The molecule has 2 aliphatic rings. The molecule has 0 bridgehead atoms. The quantitative estimate of drug-likeness (QED) is 0.359. The summed E-state index contributed by atoms with van der Waals surface area (Å²) in [5.41, 5.74) is -0.610. The molecule has 1 heterocycles. The van der Waals surface area contributed by atoms with Gasteiger partial charge in [-0.25, -0.2) is 0 Å². The van der Waals surface area contributed by atoms with E-state index in [0.29, 0.717) is 31.0 Å². The highest BCUT2D eigenvalue weighted by Gasteiger charge is 2.59. The summed E-state index contributed by atoms with van der Waals surface area (Å²) in [6, 6.07) is 0.384. The lowest BCUT2D eigenvalue weighted by molar-refractivity contribution is -0.106. The summed E-state index contributed by atoms with van der Waals surface area (Å²) in [6.07, 6.45) is 2.19. The Kier molecular flexibility index (Phi) is 6.95. The molecule has 0 spiro atoms. The van der Waals surface area contributed by atoms with Gasteiger partial charge in [0.15, 0.2) is 5.96 Å². The number of hydrogen-bond donors (Lipinski definition) is 3. The minimum absolute atomic E-state index is 0. The zero-order valence-corrected chi connectivity index (χ0v) is 16.8. The van der Waals surface area contributed by atoms with Crippen molar-refractivity contribution in [2.45, 2.75) is 65.2 Å². The molecule has 130 valence electrons. The zero-order valence-electron chi connectivity index (χ0n) is 14.5. The first kappa shape index (κ1) is 20.0. The van der Waals surface area contributed by atoms with E-state index in [1.165, 1.54) is 0 Å². The molecule has 0 aromatic carbocycles. The molecule has 0 amide bonds. The fourth-order valence-electron chi connectivity index (χ4n) is 3.45. The molecular weight excluding hydrogens is 393 g/mol. The third kappa shape index (κ3) is 4.06. The third-order valence-electron chi connectivity index (χ3n) is 5.08. The first-order chi connectivity index (χ1) is 9.81. The molecule has 0 radical (unpaired) electrons. The van der Waals surface area contributed by atoms with Gasteiger partial charge in [-0.2, -0.15) is 0 Å². The summed E-state index contributed by atoms with van der Waals surface area (Å²) in [5.74, 6) is 1.38. The number of guanidine groups is 1. The maximum absolute atomic E-state index is 10.1. The monoisotopic (exact) mass is 425 g/mol. The van der Waals surface area contributed by atoms with Gasteiger partial charge in [-0.1, -0.05) is 20.8 Å². The molecule has 22 heavy (non-hydrogen) atoms. The van der Waals surface area contributed by atoms with Crippen LogP contribution >= 0.6 is 24.0 Å². The van der Waals surface area contributed by atoms with Gasteiger partial charge in [0.2, 0.25) is 0 Å². The topological polar surface area (TPSA) is 65.9 Å². The number of halogens is 1. The molecule has 1 aliphatic heterocycles. The van der Waals surface area contributed by atoms with Gasteiger partial charge >= 0.3 is 0 Å². The van der Waals surface area contributed by atoms with E-state index in [1.807, 2.05) is 13.8 Å². The van der Waals surface area contributed by atoms with E-state index in [1.54, 1.807) is 0 Å². The van der Waals surface area contributed by atoms with Crippen molar-refractivity contribution < 1.29 is 9.84 Å². The smallest absolute Gasteiger partial charge is 0.191 e. The molecule has 0 aromatic heterocycles. The van der Waals surface area contributed by atoms with Crippen LogP contribution in [0.5, 0.6) is 0 Å². The molecule has 6 heteroatoms. The molecule has 4 unspecified atom stereocenters. The number of nitrogens with one attached hydrogen (secondary N) is 2. The summed E-state index contributed by atoms with van der Waals surface area (Å²) in [5, 5.41) is 17.0. The molecule has 4 atom stereocenters. The summed E-state index contributed by atoms with van der Waals surface area (Å²) in [6.45, 7) is 12.5. The Hall–Kier alpha value is -0.0800. The van der Waals surface area contributed by atoms with Gasteiger partial charge in [-0.3, -0.25) is 4.99 Å². The second-order valence-electron chi connectivity index (χ2n) is 7.23. The lowest BCUT2D eigenvalue weighted by Gasteiger charge is -2.55. The minimum atomic E-state index is -0.740. The number of hydrogen-bond acceptors (Lipinski definition) is 3. The van der Waals surface area contributed by atoms with Crippen LogP contribution in [0.15, 0.2) is 4.99 Å². The lowest BCUT2D eigenvalue weighted by Crippen LogP contribution is -2.68. The highest BCUT2D eigenvalue weighted by Crippen LogP contribution is 2.52. The van der Waals surface area contributed by atoms with Crippen LogP contribution in [0, 0.1) is 11.3 Å². The Labute approximate surface area is 151 Å². The van der Waals surface area contributed by atoms with Crippen molar-refractivity contribution in [1.29, 1.82) is 0 Å². The first-order valence-corrected chi connectivity index (χ1v) is 8.20. The van der Waals surface area contributed by atoms with E-state index >= 15 is 0 Å². The van der Waals surface area contributed by atoms with Crippen LogP contribution in [0.3, 0.4) is 0 Å². The van der Waals surface area contributed by atoms with Crippen LogP contribution < -0.4 is 10.6 Å². The zero-order chi connectivity index (χ0) is 15.7. The minimum Gasteiger partial charge on any atom is -0.388 e. The predicted octanol–water partition coefficient (Wildman–Crippen LogP) is 2.13. The number of rotatable bonds is 5. The molecule has 1 saturated heterocycles. The highest BCUT2D eigenvalue weighted by atomic mass is 127. The summed E-state index contributed by atoms with van der Waals surface area (Å²) >= 11 is 0. The fraction of sp³-hybridized carbons (Fsp3) is 0.938. The maximum atomic E-state index is 10.1. The molecule has 5 nitrogen and oxygen atoms in total.